The minimum atomic E-state index is 0.193. The van der Waals surface area contributed by atoms with Crippen molar-refractivity contribution in [2.75, 3.05) is 0 Å². The van der Waals surface area contributed by atoms with Gasteiger partial charge in [0.15, 0.2) is 0 Å². The highest BCUT2D eigenvalue weighted by Gasteiger charge is 2.21. The largest absolute Gasteiger partial charge is 0.324 e. The Morgan fingerprint density at radius 2 is 1.83 bits per heavy atom. The predicted octanol–water partition coefficient (Wildman–Crippen LogP) is 4.79. The van der Waals surface area contributed by atoms with Gasteiger partial charge in [-0.05, 0) is 53.3 Å². The van der Waals surface area contributed by atoms with Crippen LogP contribution in [0.4, 0.5) is 0 Å². The van der Waals surface area contributed by atoms with Crippen molar-refractivity contribution in [3.63, 3.8) is 0 Å². The Labute approximate surface area is 117 Å². The molecule has 1 aliphatic rings. The first-order chi connectivity index (χ1) is 8.72. The summed E-state index contributed by atoms with van der Waals surface area (Å²) in [5, 5.41) is 2.54. The Bertz CT molecular complexity index is 560. The minimum Gasteiger partial charge on any atom is -0.324 e. The van der Waals surface area contributed by atoms with E-state index < -0.39 is 0 Å². The van der Waals surface area contributed by atoms with E-state index in [9.17, 15) is 0 Å². The second kappa shape index (κ2) is 5.02. The molecule has 3 rings (SSSR count). The molecule has 1 aliphatic carbocycles. The third-order valence-corrected chi connectivity index (χ3v) is 4.33. The molecule has 1 atom stereocenters. The van der Waals surface area contributed by atoms with Gasteiger partial charge >= 0.3 is 0 Å². The van der Waals surface area contributed by atoms with Gasteiger partial charge in [-0.1, -0.05) is 47.0 Å². The fraction of sp³-hybridized carbons (Fsp3) is 0.375. The van der Waals surface area contributed by atoms with Crippen LogP contribution < -0.4 is 5.73 Å². The zero-order chi connectivity index (χ0) is 12.5. The van der Waals surface area contributed by atoms with Crippen molar-refractivity contribution in [3.8, 4) is 0 Å². The van der Waals surface area contributed by atoms with Gasteiger partial charge < -0.3 is 5.73 Å². The number of rotatable bonds is 4. The third-order valence-electron chi connectivity index (χ3n) is 3.84. The topological polar surface area (TPSA) is 26.0 Å². The molecule has 0 amide bonds. The van der Waals surface area contributed by atoms with Gasteiger partial charge in [0.05, 0.1) is 0 Å². The Morgan fingerprint density at radius 1 is 1.11 bits per heavy atom. The Kier molecular flexibility index (Phi) is 3.40. The summed E-state index contributed by atoms with van der Waals surface area (Å²) in [5.74, 6) is 0.965. The molecule has 0 bridgehead atoms. The Hall–Kier alpha value is -0.860. The van der Waals surface area contributed by atoms with Gasteiger partial charge in [-0.15, -0.1) is 0 Å². The lowest BCUT2D eigenvalue weighted by Gasteiger charge is -2.12. The van der Waals surface area contributed by atoms with Crippen LogP contribution in [0.3, 0.4) is 0 Å². The molecule has 0 aromatic heterocycles. The molecule has 0 radical (unpaired) electrons. The van der Waals surface area contributed by atoms with Crippen LogP contribution in [-0.4, -0.2) is 0 Å². The molecule has 1 saturated carbocycles. The molecule has 2 heteroatoms. The summed E-state index contributed by atoms with van der Waals surface area (Å²) in [7, 11) is 0. The van der Waals surface area contributed by atoms with Crippen molar-refractivity contribution in [1.29, 1.82) is 0 Å². The van der Waals surface area contributed by atoms with E-state index in [-0.39, 0.29) is 6.04 Å². The van der Waals surface area contributed by atoms with E-state index in [2.05, 4.69) is 52.3 Å². The van der Waals surface area contributed by atoms with Crippen LogP contribution in [0, 0.1) is 5.92 Å². The van der Waals surface area contributed by atoms with E-state index >= 15 is 0 Å². The van der Waals surface area contributed by atoms with Crippen molar-refractivity contribution in [2.45, 2.75) is 31.7 Å². The predicted molar refractivity (Wildman–Crippen MR) is 80.5 cm³/mol. The summed E-state index contributed by atoms with van der Waals surface area (Å²) in [6.07, 6.45) is 5.24. The maximum atomic E-state index is 6.28. The summed E-state index contributed by atoms with van der Waals surface area (Å²) < 4.78 is 1.13. The number of benzene rings is 2. The fourth-order valence-electron chi connectivity index (χ4n) is 2.45. The maximum absolute atomic E-state index is 6.28. The van der Waals surface area contributed by atoms with Gasteiger partial charge in [0.2, 0.25) is 0 Å². The molecule has 2 aromatic rings. The van der Waals surface area contributed by atoms with Crippen molar-refractivity contribution in [1.82, 2.24) is 0 Å². The number of nitrogens with two attached hydrogens (primary N) is 1. The lowest BCUT2D eigenvalue weighted by molar-refractivity contribution is 0.576. The zero-order valence-corrected chi connectivity index (χ0v) is 12.0. The average molecular weight is 304 g/mol. The van der Waals surface area contributed by atoms with E-state index in [0.717, 1.165) is 16.8 Å². The third kappa shape index (κ3) is 2.76. The molecular formula is C16H18BrN. The molecule has 1 unspecified atom stereocenters. The molecule has 0 aliphatic heterocycles. The van der Waals surface area contributed by atoms with Gasteiger partial charge in [-0.3, -0.25) is 0 Å². The number of halogens is 1. The molecule has 2 N–H and O–H groups in total. The molecule has 2 aromatic carbocycles. The molecular weight excluding hydrogens is 286 g/mol. The Balaban J connectivity index is 1.80. The van der Waals surface area contributed by atoms with Crippen molar-refractivity contribution >= 4 is 26.7 Å². The van der Waals surface area contributed by atoms with Crippen molar-refractivity contribution in [3.05, 3.63) is 46.4 Å². The first-order valence-electron chi connectivity index (χ1n) is 6.67. The molecule has 18 heavy (non-hydrogen) atoms. The number of hydrogen-bond acceptors (Lipinski definition) is 1. The second-order valence-corrected chi connectivity index (χ2v) is 6.29. The summed E-state index contributed by atoms with van der Waals surface area (Å²) in [6.45, 7) is 0. The van der Waals surface area contributed by atoms with Crippen LogP contribution in [0.25, 0.3) is 10.8 Å². The average Bonchev–Trinajstić information content (AvgIpc) is 3.19. The van der Waals surface area contributed by atoms with Gasteiger partial charge in [0.25, 0.3) is 0 Å². The van der Waals surface area contributed by atoms with Crippen molar-refractivity contribution < 1.29 is 0 Å². The molecule has 0 spiro atoms. The highest BCUT2D eigenvalue weighted by molar-refractivity contribution is 9.10. The van der Waals surface area contributed by atoms with Crippen LogP contribution in [0.15, 0.2) is 40.9 Å². The quantitative estimate of drug-likeness (QED) is 0.863. The smallest absolute Gasteiger partial charge is 0.0295 e. The van der Waals surface area contributed by atoms with Gasteiger partial charge in [-0.25, -0.2) is 0 Å². The summed E-state index contributed by atoms with van der Waals surface area (Å²) in [4.78, 5) is 0. The maximum Gasteiger partial charge on any atom is 0.0295 e. The molecule has 0 saturated heterocycles. The van der Waals surface area contributed by atoms with E-state index in [0.29, 0.717) is 0 Å². The second-order valence-electron chi connectivity index (χ2n) is 5.38. The number of hydrogen-bond donors (Lipinski definition) is 1. The van der Waals surface area contributed by atoms with Gasteiger partial charge in [0, 0.05) is 10.5 Å². The van der Waals surface area contributed by atoms with Crippen LogP contribution in [0.2, 0.25) is 0 Å². The van der Waals surface area contributed by atoms with Crippen molar-refractivity contribution in [2.24, 2.45) is 11.7 Å². The van der Waals surface area contributed by atoms with Crippen LogP contribution in [-0.2, 0) is 0 Å². The van der Waals surface area contributed by atoms with E-state index in [1.807, 2.05) is 0 Å². The van der Waals surface area contributed by atoms with E-state index in [1.165, 1.54) is 35.6 Å². The summed E-state index contributed by atoms with van der Waals surface area (Å²) >= 11 is 3.50. The molecule has 1 fully saturated rings. The van der Waals surface area contributed by atoms with Crippen LogP contribution in [0.5, 0.6) is 0 Å². The summed E-state index contributed by atoms with van der Waals surface area (Å²) in [5.41, 5.74) is 7.55. The first kappa shape index (κ1) is 12.2. The Morgan fingerprint density at radius 3 is 2.61 bits per heavy atom. The highest BCUT2D eigenvalue weighted by atomic mass is 79.9. The molecule has 94 valence electrons. The molecule has 0 heterocycles. The highest BCUT2D eigenvalue weighted by Crippen LogP contribution is 2.35. The lowest BCUT2D eigenvalue weighted by atomic mass is 9.98. The monoisotopic (exact) mass is 303 g/mol. The molecule has 1 nitrogen and oxygen atoms in total. The standard InChI is InChI=1S/C16H18BrN/c17-15-7-6-12-9-14(5-4-13(12)10-15)16(18)8-3-11-1-2-11/h4-7,9-11,16H,1-3,8,18H2. The van der Waals surface area contributed by atoms with Crippen LogP contribution >= 0.6 is 15.9 Å². The first-order valence-corrected chi connectivity index (χ1v) is 7.46. The zero-order valence-electron chi connectivity index (χ0n) is 10.4. The van der Waals surface area contributed by atoms with E-state index in [4.69, 9.17) is 5.73 Å². The van der Waals surface area contributed by atoms with Crippen LogP contribution in [0.1, 0.15) is 37.3 Å². The SMILES string of the molecule is NC(CCC1CC1)c1ccc2cc(Br)ccc2c1. The normalized spacial score (nSPS) is 17.0. The summed E-state index contributed by atoms with van der Waals surface area (Å²) in [6, 6.07) is 13.2. The fourth-order valence-corrected chi connectivity index (χ4v) is 2.83. The van der Waals surface area contributed by atoms with Gasteiger partial charge in [-0.2, -0.15) is 0 Å². The van der Waals surface area contributed by atoms with E-state index in [1.54, 1.807) is 0 Å². The minimum absolute atomic E-state index is 0.193. The van der Waals surface area contributed by atoms with Gasteiger partial charge in [0.1, 0.15) is 0 Å². The number of fused-ring (bicyclic) bond motifs is 1. The lowest BCUT2D eigenvalue weighted by Crippen LogP contribution is -2.10.